The normalized spacial score (nSPS) is 11.1. The molecule has 126 valence electrons. The van der Waals surface area contributed by atoms with E-state index in [0.717, 1.165) is 4.88 Å². The van der Waals surface area contributed by atoms with Gasteiger partial charge in [0.25, 0.3) is 5.56 Å². The van der Waals surface area contributed by atoms with Gasteiger partial charge in [-0.3, -0.25) is 14.2 Å². The number of hydrogen-bond donors (Lipinski definition) is 0. The number of aromatic nitrogens is 2. The van der Waals surface area contributed by atoms with Crippen LogP contribution in [0.2, 0.25) is 0 Å². The minimum atomic E-state index is -0.0283. The fourth-order valence-corrected chi connectivity index (χ4v) is 4.81. The van der Waals surface area contributed by atoms with Crippen molar-refractivity contribution in [3.05, 3.63) is 44.2 Å². The van der Waals surface area contributed by atoms with E-state index in [1.807, 2.05) is 35.9 Å². The molecule has 0 aliphatic carbocycles. The zero-order valence-corrected chi connectivity index (χ0v) is 15.8. The van der Waals surface area contributed by atoms with Gasteiger partial charge in [0.15, 0.2) is 5.16 Å². The number of hydrogen-bond acceptors (Lipinski definition) is 6. The topological polar surface area (TPSA) is 55.2 Å². The van der Waals surface area contributed by atoms with Crippen LogP contribution in [-0.2, 0) is 17.9 Å². The van der Waals surface area contributed by atoms with Gasteiger partial charge in [-0.1, -0.05) is 17.8 Å². The number of carbonyl (C=O) groups excluding carboxylic acids is 1. The van der Waals surface area contributed by atoms with Gasteiger partial charge >= 0.3 is 0 Å². The molecule has 8 heteroatoms. The fraction of sp³-hybridized carbons (Fsp3) is 0.312. The van der Waals surface area contributed by atoms with Gasteiger partial charge in [0.05, 0.1) is 17.8 Å². The Hall–Kier alpha value is -1.64. The summed E-state index contributed by atoms with van der Waals surface area (Å²) in [5, 5.41) is 4.47. The maximum absolute atomic E-state index is 12.5. The van der Waals surface area contributed by atoms with Crippen molar-refractivity contribution in [2.24, 2.45) is 0 Å². The van der Waals surface area contributed by atoms with Crippen LogP contribution in [0.4, 0.5) is 0 Å². The van der Waals surface area contributed by atoms with Crippen LogP contribution in [0.15, 0.2) is 38.9 Å². The molecule has 0 saturated heterocycles. The van der Waals surface area contributed by atoms with E-state index in [4.69, 9.17) is 0 Å². The minimum absolute atomic E-state index is 0.0238. The third-order valence-corrected chi connectivity index (χ3v) is 6.28. The molecule has 0 N–H and O–H groups in total. The number of carbonyl (C=O) groups is 1. The van der Waals surface area contributed by atoms with Crippen molar-refractivity contribution in [3.63, 3.8) is 0 Å². The predicted octanol–water partition coefficient (Wildman–Crippen LogP) is 3.29. The Labute approximate surface area is 151 Å². The first-order valence-electron chi connectivity index (χ1n) is 7.47. The number of fused-ring (bicyclic) bond motifs is 1. The van der Waals surface area contributed by atoms with Gasteiger partial charge in [-0.15, -0.1) is 22.7 Å². The SMILES string of the molecule is CCn1c(SCC(=O)N(C)Cc2cccs2)nc2ccsc2c1=O. The van der Waals surface area contributed by atoms with E-state index < -0.39 is 0 Å². The predicted molar refractivity (Wildman–Crippen MR) is 101 cm³/mol. The van der Waals surface area contributed by atoms with Crippen LogP contribution in [0, 0.1) is 0 Å². The van der Waals surface area contributed by atoms with Gasteiger partial charge in [0, 0.05) is 18.5 Å². The summed E-state index contributed by atoms with van der Waals surface area (Å²) >= 11 is 4.36. The van der Waals surface area contributed by atoms with Gasteiger partial charge in [0.2, 0.25) is 5.91 Å². The molecular formula is C16H17N3O2S3. The Bertz CT molecular complexity index is 899. The summed E-state index contributed by atoms with van der Waals surface area (Å²) in [6, 6.07) is 5.84. The second-order valence-corrected chi connectivity index (χ2v) is 8.09. The highest BCUT2D eigenvalue weighted by molar-refractivity contribution is 7.99. The third-order valence-electron chi connectivity index (χ3n) is 3.57. The van der Waals surface area contributed by atoms with Crippen molar-refractivity contribution in [2.45, 2.75) is 25.2 Å². The Morgan fingerprint density at radius 1 is 1.33 bits per heavy atom. The molecule has 0 aliphatic heterocycles. The lowest BCUT2D eigenvalue weighted by Crippen LogP contribution is -2.28. The van der Waals surface area contributed by atoms with Crippen LogP contribution in [0.5, 0.6) is 0 Å². The molecule has 0 radical (unpaired) electrons. The zero-order chi connectivity index (χ0) is 17.1. The molecule has 24 heavy (non-hydrogen) atoms. The highest BCUT2D eigenvalue weighted by Crippen LogP contribution is 2.21. The molecule has 0 fully saturated rings. The van der Waals surface area contributed by atoms with Crippen LogP contribution >= 0.6 is 34.4 Å². The standard InChI is InChI=1S/C16H17N3O2S3/c1-3-19-15(21)14-12(6-8-23-14)17-16(19)24-10-13(20)18(2)9-11-5-4-7-22-11/h4-8H,3,9-10H2,1-2H3. The molecule has 0 aliphatic rings. The monoisotopic (exact) mass is 379 g/mol. The number of thiophene rings is 2. The largest absolute Gasteiger partial charge is 0.340 e. The van der Waals surface area contributed by atoms with E-state index in [1.54, 1.807) is 27.9 Å². The highest BCUT2D eigenvalue weighted by atomic mass is 32.2. The molecule has 3 rings (SSSR count). The second kappa shape index (κ2) is 7.50. The van der Waals surface area contributed by atoms with Crippen LogP contribution in [-0.4, -0.2) is 33.2 Å². The Kier molecular flexibility index (Phi) is 5.37. The molecule has 3 heterocycles. The van der Waals surface area contributed by atoms with Crippen molar-refractivity contribution < 1.29 is 4.79 Å². The second-order valence-electron chi connectivity index (χ2n) is 5.20. The molecule has 0 aromatic carbocycles. The first-order valence-corrected chi connectivity index (χ1v) is 10.2. The quantitative estimate of drug-likeness (QED) is 0.487. The first kappa shape index (κ1) is 17.2. The molecule has 3 aromatic rings. The van der Waals surface area contributed by atoms with Crippen LogP contribution in [0.25, 0.3) is 10.2 Å². The summed E-state index contributed by atoms with van der Waals surface area (Å²) in [6.45, 7) is 3.06. The van der Waals surface area contributed by atoms with Crippen molar-refractivity contribution in [1.29, 1.82) is 0 Å². The summed E-state index contributed by atoms with van der Waals surface area (Å²) in [6.07, 6.45) is 0. The van der Waals surface area contributed by atoms with Gasteiger partial charge in [0.1, 0.15) is 4.70 Å². The van der Waals surface area contributed by atoms with Gasteiger partial charge in [-0.05, 0) is 29.8 Å². The van der Waals surface area contributed by atoms with Crippen LogP contribution < -0.4 is 5.56 Å². The molecule has 0 saturated carbocycles. The molecule has 5 nitrogen and oxygen atoms in total. The van der Waals surface area contributed by atoms with Crippen molar-refractivity contribution in [1.82, 2.24) is 14.5 Å². The highest BCUT2D eigenvalue weighted by Gasteiger charge is 2.15. The number of nitrogens with zero attached hydrogens (tertiary/aromatic N) is 3. The summed E-state index contributed by atoms with van der Waals surface area (Å²) in [7, 11) is 1.80. The van der Waals surface area contributed by atoms with Crippen LogP contribution in [0.1, 0.15) is 11.8 Å². The van der Waals surface area contributed by atoms with Gasteiger partial charge in [-0.2, -0.15) is 0 Å². The Morgan fingerprint density at radius 2 is 2.17 bits per heavy atom. The van der Waals surface area contributed by atoms with Crippen molar-refractivity contribution in [3.8, 4) is 0 Å². The molecule has 0 bridgehead atoms. The van der Waals surface area contributed by atoms with E-state index in [1.165, 1.54) is 23.1 Å². The number of rotatable bonds is 6. The third kappa shape index (κ3) is 3.55. The lowest BCUT2D eigenvalue weighted by Gasteiger charge is -2.16. The molecule has 0 atom stereocenters. The van der Waals surface area contributed by atoms with Gasteiger partial charge < -0.3 is 4.90 Å². The van der Waals surface area contributed by atoms with E-state index in [0.29, 0.717) is 28.5 Å². The molecule has 3 aromatic heterocycles. The van der Waals surface area contributed by atoms with E-state index in [-0.39, 0.29) is 17.2 Å². The van der Waals surface area contributed by atoms with Gasteiger partial charge in [-0.25, -0.2) is 4.98 Å². The fourth-order valence-electron chi connectivity index (χ4n) is 2.27. The maximum atomic E-state index is 12.5. The van der Waals surface area contributed by atoms with E-state index >= 15 is 0 Å². The number of amides is 1. The zero-order valence-electron chi connectivity index (χ0n) is 13.4. The summed E-state index contributed by atoms with van der Waals surface area (Å²) in [5.74, 6) is 0.292. The molecule has 0 spiro atoms. The van der Waals surface area contributed by atoms with E-state index in [9.17, 15) is 9.59 Å². The van der Waals surface area contributed by atoms with Crippen molar-refractivity contribution in [2.75, 3.05) is 12.8 Å². The van der Waals surface area contributed by atoms with E-state index in [2.05, 4.69) is 4.98 Å². The summed E-state index contributed by atoms with van der Waals surface area (Å²) in [5.41, 5.74) is 0.677. The average molecular weight is 380 g/mol. The molecule has 1 amide bonds. The molecule has 0 unspecified atom stereocenters. The summed E-state index contributed by atoms with van der Waals surface area (Å²) < 4.78 is 2.30. The lowest BCUT2D eigenvalue weighted by atomic mass is 10.4. The molecular weight excluding hydrogens is 362 g/mol. The van der Waals surface area contributed by atoms with Crippen LogP contribution in [0.3, 0.4) is 0 Å². The Balaban J connectivity index is 1.73. The lowest BCUT2D eigenvalue weighted by molar-refractivity contribution is -0.127. The summed E-state index contributed by atoms with van der Waals surface area (Å²) in [4.78, 5) is 32.2. The minimum Gasteiger partial charge on any atom is -0.340 e. The average Bonchev–Trinajstić information content (AvgIpc) is 3.24. The smallest absolute Gasteiger partial charge is 0.272 e. The van der Waals surface area contributed by atoms with Crippen molar-refractivity contribution >= 4 is 50.6 Å². The number of thioether (sulfide) groups is 1. The Morgan fingerprint density at radius 3 is 2.88 bits per heavy atom. The first-order chi connectivity index (χ1) is 11.6. The maximum Gasteiger partial charge on any atom is 0.272 e.